The Morgan fingerprint density at radius 1 is 1.24 bits per heavy atom. The van der Waals surface area contributed by atoms with E-state index >= 15 is 0 Å². The van der Waals surface area contributed by atoms with Crippen LogP contribution in [-0.2, 0) is 4.79 Å². The zero-order chi connectivity index (χ0) is 14.5. The van der Waals surface area contributed by atoms with E-state index < -0.39 is 0 Å². The lowest BCUT2D eigenvalue weighted by Gasteiger charge is -2.11. The molecule has 6 heteroatoms. The Labute approximate surface area is 135 Å². The molecule has 1 fully saturated rings. The van der Waals surface area contributed by atoms with E-state index in [2.05, 4.69) is 5.32 Å². The van der Waals surface area contributed by atoms with Crippen LogP contribution in [-0.4, -0.2) is 24.3 Å². The molecule has 116 valence electrons. The summed E-state index contributed by atoms with van der Waals surface area (Å²) >= 11 is 5.76. The van der Waals surface area contributed by atoms with Gasteiger partial charge in [0.2, 0.25) is 5.91 Å². The number of halogens is 2. The minimum Gasteiger partial charge on any atom is -0.355 e. The maximum atomic E-state index is 11.9. The van der Waals surface area contributed by atoms with Gasteiger partial charge in [0, 0.05) is 36.0 Å². The summed E-state index contributed by atoms with van der Waals surface area (Å²) in [7, 11) is 0. The Morgan fingerprint density at radius 2 is 1.86 bits per heavy atom. The molecule has 0 aromatic heterocycles. The van der Waals surface area contributed by atoms with Crippen LogP contribution in [0.5, 0.6) is 0 Å². The van der Waals surface area contributed by atoms with Crippen LogP contribution in [0.3, 0.4) is 0 Å². The van der Waals surface area contributed by atoms with Crippen LogP contribution in [0.15, 0.2) is 24.3 Å². The Balaban J connectivity index is 0.00000220. The van der Waals surface area contributed by atoms with E-state index in [4.69, 9.17) is 17.3 Å². The fraction of sp³-hybridized carbons (Fsp3) is 0.467. The Kier molecular flexibility index (Phi) is 7.15. The van der Waals surface area contributed by atoms with Crippen LogP contribution >= 0.6 is 24.0 Å². The molecule has 0 spiro atoms. The van der Waals surface area contributed by atoms with E-state index in [-0.39, 0.29) is 43.0 Å². The van der Waals surface area contributed by atoms with Crippen LogP contribution in [0.2, 0.25) is 5.02 Å². The molecule has 1 saturated carbocycles. The number of carbonyl (C=O) groups is 2. The Bertz CT molecular complexity index is 487. The molecule has 4 nitrogen and oxygen atoms in total. The van der Waals surface area contributed by atoms with Crippen LogP contribution in [0, 0.1) is 5.92 Å². The van der Waals surface area contributed by atoms with Gasteiger partial charge in [-0.25, -0.2) is 0 Å². The fourth-order valence-corrected chi connectivity index (χ4v) is 2.14. The molecule has 1 aliphatic carbocycles. The Morgan fingerprint density at radius 3 is 2.43 bits per heavy atom. The first-order valence-electron chi connectivity index (χ1n) is 6.87. The number of carbonyl (C=O) groups excluding carboxylic acids is 2. The number of nitrogens with one attached hydrogen (secondary N) is 1. The molecule has 1 aromatic rings. The topological polar surface area (TPSA) is 72.2 Å². The average molecular weight is 331 g/mol. The van der Waals surface area contributed by atoms with Crippen molar-refractivity contribution in [2.75, 3.05) is 6.54 Å². The summed E-state index contributed by atoms with van der Waals surface area (Å²) in [6.07, 6.45) is 2.71. The second-order valence-corrected chi connectivity index (χ2v) is 5.67. The van der Waals surface area contributed by atoms with E-state index in [1.807, 2.05) is 0 Å². The molecule has 0 aliphatic heterocycles. The van der Waals surface area contributed by atoms with E-state index in [0.29, 0.717) is 23.0 Å². The lowest BCUT2D eigenvalue weighted by atomic mass is 10.1. The predicted octanol–water partition coefficient (Wildman–Crippen LogP) is 2.58. The standard InChI is InChI=1S/C15H19ClN2O2.ClH/c16-12-5-3-11(4-6-12)14(19)7-8-15(20)18-9-13(17)10-1-2-10;/h3-6,10,13H,1-2,7-9,17H2,(H,18,20);1H. The number of hydrogen-bond donors (Lipinski definition) is 2. The minimum absolute atomic E-state index is 0. The van der Waals surface area contributed by atoms with Gasteiger partial charge in [-0.1, -0.05) is 11.6 Å². The summed E-state index contributed by atoms with van der Waals surface area (Å²) in [5, 5.41) is 3.37. The van der Waals surface area contributed by atoms with Crippen molar-refractivity contribution in [3.8, 4) is 0 Å². The van der Waals surface area contributed by atoms with E-state index in [9.17, 15) is 9.59 Å². The smallest absolute Gasteiger partial charge is 0.220 e. The molecular formula is C15H20Cl2N2O2. The van der Waals surface area contributed by atoms with Gasteiger partial charge in [0.25, 0.3) is 0 Å². The van der Waals surface area contributed by atoms with Crippen molar-refractivity contribution in [2.45, 2.75) is 31.7 Å². The van der Waals surface area contributed by atoms with Gasteiger partial charge in [-0.15, -0.1) is 12.4 Å². The van der Waals surface area contributed by atoms with Gasteiger partial charge < -0.3 is 11.1 Å². The lowest BCUT2D eigenvalue weighted by Crippen LogP contribution is -2.38. The van der Waals surface area contributed by atoms with Gasteiger partial charge >= 0.3 is 0 Å². The van der Waals surface area contributed by atoms with Crippen LogP contribution < -0.4 is 11.1 Å². The number of Topliss-reactive ketones (excluding diaryl/α,β-unsaturated/α-hetero) is 1. The number of ketones is 1. The minimum atomic E-state index is -0.122. The zero-order valence-corrected chi connectivity index (χ0v) is 13.3. The van der Waals surface area contributed by atoms with E-state index in [1.165, 1.54) is 0 Å². The van der Waals surface area contributed by atoms with Crippen molar-refractivity contribution in [1.82, 2.24) is 5.32 Å². The van der Waals surface area contributed by atoms with Crippen molar-refractivity contribution in [3.63, 3.8) is 0 Å². The summed E-state index contributed by atoms with van der Waals surface area (Å²) in [6, 6.07) is 6.73. The molecule has 0 bridgehead atoms. The average Bonchev–Trinajstić information content (AvgIpc) is 3.27. The molecule has 0 saturated heterocycles. The summed E-state index contributed by atoms with van der Waals surface area (Å²) in [5.41, 5.74) is 6.47. The first-order valence-corrected chi connectivity index (χ1v) is 7.25. The fourth-order valence-electron chi connectivity index (χ4n) is 2.02. The molecule has 2 rings (SSSR count). The first-order chi connectivity index (χ1) is 9.56. The molecule has 21 heavy (non-hydrogen) atoms. The highest BCUT2D eigenvalue weighted by atomic mass is 35.5. The van der Waals surface area contributed by atoms with Gasteiger partial charge in [-0.05, 0) is 43.0 Å². The molecule has 1 unspecified atom stereocenters. The molecule has 3 N–H and O–H groups in total. The molecule has 0 radical (unpaired) electrons. The summed E-state index contributed by atoms with van der Waals surface area (Å²) in [5.74, 6) is 0.387. The maximum Gasteiger partial charge on any atom is 0.220 e. The summed E-state index contributed by atoms with van der Waals surface area (Å²) in [6.45, 7) is 0.499. The van der Waals surface area contributed by atoms with E-state index in [0.717, 1.165) is 12.8 Å². The number of hydrogen-bond acceptors (Lipinski definition) is 3. The highest BCUT2D eigenvalue weighted by molar-refractivity contribution is 6.30. The van der Waals surface area contributed by atoms with Crippen molar-refractivity contribution < 1.29 is 9.59 Å². The molecule has 1 aromatic carbocycles. The van der Waals surface area contributed by atoms with Crippen LogP contribution in [0.1, 0.15) is 36.0 Å². The quantitative estimate of drug-likeness (QED) is 0.754. The van der Waals surface area contributed by atoms with Crippen molar-refractivity contribution in [2.24, 2.45) is 11.7 Å². The highest BCUT2D eigenvalue weighted by Gasteiger charge is 2.28. The monoisotopic (exact) mass is 330 g/mol. The largest absolute Gasteiger partial charge is 0.355 e. The lowest BCUT2D eigenvalue weighted by molar-refractivity contribution is -0.121. The normalized spacial score (nSPS) is 15.0. The first kappa shape index (κ1) is 18.0. The van der Waals surface area contributed by atoms with Gasteiger partial charge in [0.15, 0.2) is 5.78 Å². The summed E-state index contributed by atoms with van der Waals surface area (Å²) in [4.78, 5) is 23.5. The van der Waals surface area contributed by atoms with Crippen molar-refractivity contribution in [3.05, 3.63) is 34.9 Å². The van der Waals surface area contributed by atoms with Crippen LogP contribution in [0.4, 0.5) is 0 Å². The molecule has 1 atom stereocenters. The van der Waals surface area contributed by atoms with Crippen molar-refractivity contribution in [1.29, 1.82) is 0 Å². The highest BCUT2D eigenvalue weighted by Crippen LogP contribution is 2.31. The SMILES string of the molecule is Cl.NC(CNC(=O)CCC(=O)c1ccc(Cl)cc1)C1CC1. The third-order valence-corrected chi connectivity index (χ3v) is 3.76. The van der Waals surface area contributed by atoms with Crippen molar-refractivity contribution >= 4 is 35.7 Å². The molecular weight excluding hydrogens is 311 g/mol. The van der Waals surface area contributed by atoms with Gasteiger partial charge in [-0.2, -0.15) is 0 Å². The number of amides is 1. The number of rotatable bonds is 7. The third kappa shape index (κ3) is 6.04. The Hall–Kier alpha value is -1.10. The van der Waals surface area contributed by atoms with Crippen LogP contribution in [0.25, 0.3) is 0 Å². The molecule has 0 heterocycles. The third-order valence-electron chi connectivity index (χ3n) is 3.51. The molecule has 1 aliphatic rings. The van der Waals surface area contributed by atoms with E-state index in [1.54, 1.807) is 24.3 Å². The van der Waals surface area contributed by atoms with Gasteiger partial charge in [0.05, 0.1) is 0 Å². The maximum absolute atomic E-state index is 11.9. The summed E-state index contributed by atoms with van der Waals surface area (Å²) < 4.78 is 0. The second kappa shape index (κ2) is 8.37. The predicted molar refractivity (Wildman–Crippen MR) is 86.0 cm³/mol. The number of benzene rings is 1. The second-order valence-electron chi connectivity index (χ2n) is 5.24. The van der Waals surface area contributed by atoms with Gasteiger partial charge in [0.1, 0.15) is 0 Å². The molecule has 1 amide bonds. The zero-order valence-electron chi connectivity index (χ0n) is 11.7. The van der Waals surface area contributed by atoms with Gasteiger partial charge in [-0.3, -0.25) is 9.59 Å². The number of nitrogens with two attached hydrogens (primary N) is 1.